The van der Waals surface area contributed by atoms with E-state index in [9.17, 15) is 9.18 Å². The highest BCUT2D eigenvalue weighted by Gasteiger charge is 2.17. The molecule has 0 bridgehead atoms. The topological polar surface area (TPSA) is 43.1 Å². The lowest BCUT2D eigenvalue weighted by molar-refractivity contribution is 0.103. The molecule has 0 radical (unpaired) electrons. The van der Waals surface area contributed by atoms with Crippen LogP contribution in [0.3, 0.4) is 0 Å². The van der Waals surface area contributed by atoms with E-state index in [4.69, 9.17) is 17.3 Å². The molecule has 2 N–H and O–H groups in total. The molecule has 2 aromatic rings. The predicted molar refractivity (Wildman–Crippen MR) is 75.2 cm³/mol. The number of carbonyl (C=O) groups is 1. The average Bonchev–Trinajstić information content (AvgIpc) is 2.36. The maximum Gasteiger partial charge on any atom is 0.196 e. The van der Waals surface area contributed by atoms with Gasteiger partial charge in [-0.2, -0.15) is 0 Å². The molecule has 0 unspecified atom stereocenters. The normalized spacial score (nSPS) is 10.5. The van der Waals surface area contributed by atoms with Gasteiger partial charge in [-0.1, -0.05) is 23.2 Å². The first-order chi connectivity index (χ1) is 8.90. The van der Waals surface area contributed by atoms with Gasteiger partial charge >= 0.3 is 0 Å². The molecule has 0 spiro atoms. The minimum atomic E-state index is -0.432. The molecule has 0 heterocycles. The molecule has 0 aliphatic heterocycles. The van der Waals surface area contributed by atoms with Crippen molar-refractivity contribution in [1.29, 1.82) is 0 Å². The Labute approximate surface area is 116 Å². The number of anilines is 1. The van der Waals surface area contributed by atoms with Crippen molar-refractivity contribution in [3.05, 3.63) is 63.4 Å². The highest BCUT2D eigenvalue weighted by atomic mass is 35.5. The second-order valence-electron chi connectivity index (χ2n) is 4.50. The third-order valence-electron chi connectivity index (χ3n) is 2.95. The molecule has 0 saturated carbocycles. The number of aryl methyl sites for hydroxylation is 2. The smallest absolute Gasteiger partial charge is 0.196 e. The Balaban J connectivity index is 2.56. The second-order valence-corrected chi connectivity index (χ2v) is 4.91. The van der Waals surface area contributed by atoms with E-state index in [2.05, 4.69) is 0 Å². The van der Waals surface area contributed by atoms with Crippen LogP contribution in [0.5, 0.6) is 0 Å². The van der Waals surface area contributed by atoms with Crippen molar-refractivity contribution in [3.63, 3.8) is 0 Å². The van der Waals surface area contributed by atoms with Gasteiger partial charge in [-0.15, -0.1) is 0 Å². The molecule has 4 heteroatoms. The number of ketones is 1. The van der Waals surface area contributed by atoms with Gasteiger partial charge < -0.3 is 5.73 Å². The fraction of sp³-hybridized carbons (Fsp3) is 0.133. The Morgan fingerprint density at radius 3 is 2.53 bits per heavy atom. The monoisotopic (exact) mass is 277 g/mol. The Morgan fingerprint density at radius 2 is 1.84 bits per heavy atom. The van der Waals surface area contributed by atoms with E-state index in [1.807, 2.05) is 13.0 Å². The highest BCUT2D eigenvalue weighted by molar-refractivity contribution is 6.35. The summed E-state index contributed by atoms with van der Waals surface area (Å²) >= 11 is 5.94. The average molecular weight is 278 g/mol. The lowest BCUT2D eigenvalue weighted by Crippen LogP contribution is -2.07. The molecule has 0 amide bonds. The zero-order chi connectivity index (χ0) is 14.2. The summed E-state index contributed by atoms with van der Waals surface area (Å²) in [7, 11) is 0. The third-order valence-corrected chi connectivity index (χ3v) is 3.26. The fourth-order valence-electron chi connectivity index (χ4n) is 1.84. The number of hydrogen-bond donors (Lipinski definition) is 1. The zero-order valence-corrected chi connectivity index (χ0v) is 11.4. The molecular weight excluding hydrogens is 265 g/mol. The summed E-state index contributed by atoms with van der Waals surface area (Å²) in [6.07, 6.45) is 0. The van der Waals surface area contributed by atoms with Crippen LogP contribution in [0.4, 0.5) is 10.1 Å². The number of nitrogen functional groups attached to an aromatic ring is 1. The van der Waals surface area contributed by atoms with Crippen LogP contribution in [0.1, 0.15) is 27.0 Å². The number of halogens is 2. The lowest BCUT2D eigenvalue weighted by atomic mass is 9.98. The van der Waals surface area contributed by atoms with E-state index in [-0.39, 0.29) is 16.4 Å². The van der Waals surface area contributed by atoms with Gasteiger partial charge in [0.05, 0.1) is 5.02 Å². The maximum atomic E-state index is 13.3. The molecule has 98 valence electrons. The first kappa shape index (κ1) is 13.6. The number of rotatable bonds is 2. The van der Waals surface area contributed by atoms with Crippen LogP contribution in [-0.2, 0) is 0 Å². The molecular formula is C15H13ClFNO. The van der Waals surface area contributed by atoms with Gasteiger partial charge in [0.2, 0.25) is 0 Å². The standard InChI is InChI=1S/C15H13ClFNO/c1-8-3-4-14(18)11(5-8)15(19)10-6-9(2)13(17)7-12(10)16/h3-7H,18H2,1-2H3. The molecule has 0 saturated heterocycles. The largest absolute Gasteiger partial charge is 0.398 e. The van der Waals surface area contributed by atoms with Crippen molar-refractivity contribution < 1.29 is 9.18 Å². The molecule has 2 rings (SSSR count). The van der Waals surface area contributed by atoms with Crippen LogP contribution in [0.25, 0.3) is 0 Å². The van der Waals surface area contributed by atoms with Crippen LogP contribution in [0.15, 0.2) is 30.3 Å². The molecule has 0 aromatic heterocycles. The summed E-state index contributed by atoms with van der Waals surface area (Å²) in [4.78, 5) is 12.4. The molecule has 0 fully saturated rings. The summed E-state index contributed by atoms with van der Waals surface area (Å²) in [6.45, 7) is 3.45. The fourth-order valence-corrected chi connectivity index (χ4v) is 2.08. The maximum absolute atomic E-state index is 13.3. The van der Waals surface area contributed by atoms with E-state index in [1.165, 1.54) is 6.07 Å². The van der Waals surface area contributed by atoms with Crippen molar-refractivity contribution in [2.24, 2.45) is 0 Å². The number of carbonyl (C=O) groups excluding carboxylic acids is 1. The first-order valence-electron chi connectivity index (χ1n) is 5.76. The lowest BCUT2D eigenvalue weighted by Gasteiger charge is -2.09. The quantitative estimate of drug-likeness (QED) is 0.668. The van der Waals surface area contributed by atoms with E-state index in [1.54, 1.807) is 19.1 Å². The third kappa shape index (κ3) is 2.61. The Bertz CT molecular complexity index is 667. The van der Waals surface area contributed by atoms with Crippen LogP contribution in [0.2, 0.25) is 5.02 Å². The Kier molecular flexibility index (Phi) is 3.58. The van der Waals surface area contributed by atoms with Gasteiger partial charge in [0.25, 0.3) is 0 Å². The molecule has 2 nitrogen and oxygen atoms in total. The minimum Gasteiger partial charge on any atom is -0.398 e. The molecule has 2 aromatic carbocycles. The summed E-state index contributed by atoms with van der Waals surface area (Å²) in [5.41, 5.74) is 8.13. The van der Waals surface area contributed by atoms with Crippen molar-refractivity contribution in [2.75, 3.05) is 5.73 Å². The van der Waals surface area contributed by atoms with Gasteiger partial charge in [0.1, 0.15) is 5.82 Å². The second kappa shape index (κ2) is 5.02. The molecule has 0 aliphatic carbocycles. The molecule has 19 heavy (non-hydrogen) atoms. The van der Waals surface area contributed by atoms with Crippen molar-refractivity contribution in [2.45, 2.75) is 13.8 Å². The van der Waals surface area contributed by atoms with E-state index in [0.29, 0.717) is 16.8 Å². The minimum absolute atomic E-state index is 0.0917. The van der Waals surface area contributed by atoms with Crippen LogP contribution in [0, 0.1) is 19.7 Å². The Hall–Kier alpha value is -1.87. The summed E-state index contributed by atoms with van der Waals surface area (Å²) in [5.74, 6) is -0.729. The van der Waals surface area contributed by atoms with Crippen LogP contribution < -0.4 is 5.73 Å². The zero-order valence-electron chi connectivity index (χ0n) is 10.6. The number of hydrogen-bond acceptors (Lipinski definition) is 2. The van der Waals surface area contributed by atoms with Gasteiger partial charge in [-0.3, -0.25) is 4.79 Å². The van der Waals surface area contributed by atoms with Crippen molar-refractivity contribution in [1.82, 2.24) is 0 Å². The van der Waals surface area contributed by atoms with Crippen LogP contribution in [-0.4, -0.2) is 5.78 Å². The van der Waals surface area contributed by atoms with E-state index >= 15 is 0 Å². The Morgan fingerprint density at radius 1 is 1.16 bits per heavy atom. The van der Waals surface area contributed by atoms with E-state index < -0.39 is 5.82 Å². The van der Waals surface area contributed by atoms with Crippen LogP contribution >= 0.6 is 11.6 Å². The van der Waals surface area contributed by atoms with Crippen molar-refractivity contribution >= 4 is 23.1 Å². The molecule has 0 aliphatic rings. The van der Waals surface area contributed by atoms with Gasteiger partial charge in [0.15, 0.2) is 5.78 Å². The summed E-state index contributed by atoms with van der Waals surface area (Å²) < 4.78 is 13.3. The van der Waals surface area contributed by atoms with E-state index in [0.717, 1.165) is 11.6 Å². The highest BCUT2D eigenvalue weighted by Crippen LogP contribution is 2.25. The van der Waals surface area contributed by atoms with Gasteiger partial charge in [-0.05, 0) is 43.7 Å². The van der Waals surface area contributed by atoms with Gasteiger partial charge in [-0.25, -0.2) is 4.39 Å². The summed E-state index contributed by atoms with van der Waals surface area (Å²) in [6, 6.07) is 7.79. The first-order valence-corrected chi connectivity index (χ1v) is 6.14. The molecule has 0 atom stereocenters. The number of nitrogens with two attached hydrogens (primary N) is 1. The summed E-state index contributed by atoms with van der Waals surface area (Å²) in [5, 5.41) is 0.0917. The van der Waals surface area contributed by atoms with Crippen molar-refractivity contribution in [3.8, 4) is 0 Å². The number of benzene rings is 2. The van der Waals surface area contributed by atoms with Gasteiger partial charge in [0, 0.05) is 16.8 Å². The predicted octanol–water partition coefficient (Wildman–Crippen LogP) is 3.91. The SMILES string of the molecule is Cc1ccc(N)c(C(=O)c2cc(C)c(F)cc2Cl)c1.